The molecule has 6 heteroatoms. The Labute approximate surface area is 147 Å². The van der Waals surface area contributed by atoms with E-state index in [1.165, 1.54) is 0 Å². The molecule has 0 aliphatic carbocycles. The van der Waals surface area contributed by atoms with Crippen LogP contribution >= 0.6 is 11.6 Å². The van der Waals surface area contributed by atoms with Crippen LogP contribution in [-0.4, -0.2) is 16.0 Å². The Bertz CT molecular complexity index is 684. The van der Waals surface area contributed by atoms with Gasteiger partial charge in [0.2, 0.25) is 17.6 Å². The number of nitrogens with zero attached hydrogens (tertiary/aromatic N) is 2. The van der Waals surface area contributed by atoms with E-state index in [0.717, 1.165) is 12.0 Å². The van der Waals surface area contributed by atoms with Crippen LogP contribution in [0.3, 0.4) is 0 Å². The van der Waals surface area contributed by atoms with Crippen molar-refractivity contribution < 1.29 is 9.32 Å². The number of amides is 1. The van der Waals surface area contributed by atoms with E-state index in [1.54, 1.807) is 12.1 Å². The molecule has 2 atom stereocenters. The van der Waals surface area contributed by atoms with Gasteiger partial charge in [0, 0.05) is 17.0 Å². The average molecular weight is 350 g/mol. The normalized spacial score (nSPS) is 13.8. The second kappa shape index (κ2) is 8.29. The van der Waals surface area contributed by atoms with Gasteiger partial charge in [-0.25, -0.2) is 0 Å². The maximum atomic E-state index is 12.2. The van der Waals surface area contributed by atoms with Crippen LogP contribution in [0, 0.1) is 11.8 Å². The highest BCUT2D eigenvalue weighted by Gasteiger charge is 2.26. The van der Waals surface area contributed by atoms with Crippen LogP contribution in [0.5, 0.6) is 0 Å². The minimum atomic E-state index is -0.290. The number of carbonyl (C=O) groups is 1. The summed E-state index contributed by atoms with van der Waals surface area (Å²) in [5, 5.41) is 7.68. The highest BCUT2D eigenvalue weighted by Crippen LogP contribution is 2.26. The molecule has 0 saturated carbocycles. The van der Waals surface area contributed by atoms with Gasteiger partial charge in [0.1, 0.15) is 6.04 Å². The fourth-order valence-electron chi connectivity index (χ4n) is 2.39. The van der Waals surface area contributed by atoms with E-state index in [4.69, 9.17) is 16.1 Å². The van der Waals surface area contributed by atoms with Crippen LogP contribution in [-0.2, 0) is 4.79 Å². The number of hydrogen-bond acceptors (Lipinski definition) is 4. The second-order valence-corrected chi connectivity index (χ2v) is 6.93. The first-order valence-electron chi connectivity index (χ1n) is 8.29. The van der Waals surface area contributed by atoms with E-state index >= 15 is 0 Å². The topological polar surface area (TPSA) is 68.0 Å². The van der Waals surface area contributed by atoms with Crippen molar-refractivity contribution in [2.24, 2.45) is 11.8 Å². The Kier molecular flexibility index (Phi) is 6.37. The summed E-state index contributed by atoms with van der Waals surface area (Å²) < 4.78 is 5.43. The predicted molar refractivity (Wildman–Crippen MR) is 94.5 cm³/mol. The molecule has 2 rings (SSSR count). The molecule has 1 heterocycles. The van der Waals surface area contributed by atoms with E-state index in [-0.39, 0.29) is 17.9 Å². The number of nitrogens with one attached hydrogen (secondary N) is 1. The molecule has 5 nitrogen and oxygen atoms in total. The minimum absolute atomic E-state index is 0.00203. The lowest BCUT2D eigenvalue weighted by Gasteiger charge is -2.21. The van der Waals surface area contributed by atoms with E-state index in [9.17, 15) is 4.79 Å². The zero-order valence-corrected chi connectivity index (χ0v) is 15.3. The summed E-state index contributed by atoms with van der Waals surface area (Å²) in [5.41, 5.74) is 0.786. The first-order valence-corrected chi connectivity index (χ1v) is 8.67. The smallest absolute Gasteiger partial charge is 0.249 e. The zero-order chi connectivity index (χ0) is 17.7. The van der Waals surface area contributed by atoms with Gasteiger partial charge in [-0.15, -0.1) is 0 Å². The van der Waals surface area contributed by atoms with Crippen molar-refractivity contribution in [3.8, 4) is 11.4 Å². The predicted octanol–water partition coefficient (Wildman–Crippen LogP) is 4.64. The molecule has 1 N–H and O–H groups in total. The number of carbonyl (C=O) groups excluding carboxylic acids is 1. The van der Waals surface area contributed by atoms with Crippen molar-refractivity contribution in [2.45, 2.75) is 46.6 Å². The Balaban J connectivity index is 2.23. The summed E-state index contributed by atoms with van der Waals surface area (Å²) in [5.74, 6) is 1.38. The van der Waals surface area contributed by atoms with Gasteiger partial charge in [-0.3, -0.25) is 4.79 Å². The Hall–Kier alpha value is -1.88. The van der Waals surface area contributed by atoms with E-state index in [0.29, 0.717) is 29.1 Å². The summed E-state index contributed by atoms with van der Waals surface area (Å²) in [4.78, 5) is 16.6. The average Bonchev–Trinajstić information content (AvgIpc) is 3.01. The molecule has 2 aromatic rings. The molecule has 1 aromatic heterocycles. The Morgan fingerprint density at radius 3 is 2.71 bits per heavy atom. The number of rotatable bonds is 7. The third-order valence-electron chi connectivity index (χ3n) is 3.91. The van der Waals surface area contributed by atoms with Gasteiger partial charge in [-0.2, -0.15) is 4.98 Å². The summed E-state index contributed by atoms with van der Waals surface area (Å²) >= 11 is 6.01. The molecule has 0 saturated heterocycles. The monoisotopic (exact) mass is 349 g/mol. The van der Waals surface area contributed by atoms with Gasteiger partial charge in [0.15, 0.2) is 0 Å². The maximum Gasteiger partial charge on any atom is 0.249 e. The largest absolute Gasteiger partial charge is 0.344 e. The molecule has 0 aliphatic heterocycles. The molecule has 0 unspecified atom stereocenters. The van der Waals surface area contributed by atoms with Gasteiger partial charge >= 0.3 is 0 Å². The third kappa shape index (κ3) is 4.81. The lowest BCUT2D eigenvalue weighted by atomic mass is 9.98. The van der Waals surface area contributed by atoms with Crippen molar-refractivity contribution in [1.82, 2.24) is 15.5 Å². The molecule has 0 aliphatic rings. The lowest BCUT2D eigenvalue weighted by molar-refractivity contribution is -0.123. The van der Waals surface area contributed by atoms with Gasteiger partial charge in [0.25, 0.3) is 0 Å². The van der Waals surface area contributed by atoms with Gasteiger partial charge < -0.3 is 9.84 Å². The number of hydrogen-bond donors (Lipinski definition) is 1. The Morgan fingerprint density at radius 1 is 1.33 bits per heavy atom. The quantitative estimate of drug-likeness (QED) is 0.790. The maximum absolute atomic E-state index is 12.2. The van der Waals surface area contributed by atoms with Crippen LogP contribution < -0.4 is 5.32 Å². The number of aromatic nitrogens is 2. The SMILES string of the molecule is CC[C@H](C)[C@H](NC(=O)CC(C)C)c1nc(-c2cccc(Cl)c2)no1. The van der Waals surface area contributed by atoms with Gasteiger partial charge in [0.05, 0.1) is 0 Å². The molecule has 0 radical (unpaired) electrons. The number of benzene rings is 1. The van der Waals surface area contributed by atoms with Crippen molar-refractivity contribution in [3.63, 3.8) is 0 Å². The van der Waals surface area contributed by atoms with Crippen LogP contribution in [0.2, 0.25) is 5.02 Å². The molecular weight excluding hydrogens is 326 g/mol. The van der Waals surface area contributed by atoms with E-state index < -0.39 is 0 Å². The molecular formula is C18H24ClN3O2. The first kappa shape index (κ1) is 18.5. The molecule has 0 bridgehead atoms. The van der Waals surface area contributed by atoms with Crippen LogP contribution in [0.1, 0.15) is 52.5 Å². The molecule has 0 fully saturated rings. The second-order valence-electron chi connectivity index (χ2n) is 6.50. The summed E-state index contributed by atoms with van der Waals surface area (Å²) in [6, 6.07) is 6.99. The molecule has 130 valence electrons. The van der Waals surface area contributed by atoms with Gasteiger partial charge in [-0.05, 0) is 24.0 Å². The zero-order valence-electron chi connectivity index (χ0n) is 14.5. The lowest BCUT2D eigenvalue weighted by Crippen LogP contribution is -2.33. The molecule has 1 aromatic carbocycles. The van der Waals surface area contributed by atoms with E-state index in [1.807, 2.05) is 26.0 Å². The third-order valence-corrected chi connectivity index (χ3v) is 4.15. The van der Waals surface area contributed by atoms with Gasteiger partial charge in [-0.1, -0.05) is 63.0 Å². The fourth-order valence-corrected chi connectivity index (χ4v) is 2.58. The van der Waals surface area contributed by atoms with Crippen molar-refractivity contribution >= 4 is 17.5 Å². The van der Waals surface area contributed by atoms with E-state index in [2.05, 4.69) is 29.3 Å². The minimum Gasteiger partial charge on any atom is -0.344 e. The van der Waals surface area contributed by atoms with Crippen LogP contribution in [0.15, 0.2) is 28.8 Å². The highest BCUT2D eigenvalue weighted by molar-refractivity contribution is 6.30. The molecule has 0 spiro atoms. The summed E-state index contributed by atoms with van der Waals surface area (Å²) in [6.45, 7) is 8.16. The standard InChI is InChI=1S/C18H24ClN3O2/c1-5-12(4)16(20-15(23)9-11(2)3)18-21-17(22-24-18)13-7-6-8-14(19)10-13/h6-8,10-12,16H,5,9H2,1-4H3,(H,20,23)/t12-,16-/m0/s1. The highest BCUT2D eigenvalue weighted by atomic mass is 35.5. The van der Waals surface area contributed by atoms with Crippen LogP contribution in [0.25, 0.3) is 11.4 Å². The summed E-state index contributed by atoms with van der Waals surface area (Å²) in [6.07, 6.45) is 1.36. The summed E-state index contributed by atoms with van der Waals surface area (Å²) in [7, 11) is 0. The molecule has 24 heavy (non-hydrogen) atoms. The van der Waals surface area contributed by atoms with Crippen molar-refractivity contribution in [1.29, 1.82) is 0 Å². The molecule has 1 amide bonds. The first-order chi connectivity index (χ1) is 11.4. The van der Waals surface area contributed by atoms with Crippen LogP contribution in [0.4, 0.5) is 0 Å². The fraction of sp³-hybridized carbons (Fsp3) is 0.500. The Morgan fingerprint density at radius 2 is 2.08 bits per heavy atom. The number of halogens is 1. The van der Waals surface area contributed by atoms with Crippen molar-refractivity contribution in [2.75, 3.05) is 0 Å². The van der Waals surface area contributed by atoms with Crippen molar-refractivity contribution in [3.05, 3.63) is 35.2 Å².